The van der Waals surface area contributed by atoms with E-state index < -0.39 is 22.5 Å². The smallest absolute Gasteiger partial charge is 0.264 e. The van der Waals surface area contributed by atoms with Crippen LogP contribution in [0.25, 0.3) is 0 Å². The largest absolute Gasteiger partial charge is 0.497 e. The maximum absolute atomic E-state index is 13.6. The molecule has 1 amide bonds. The Morgan fingerprint density at radius 1 is 1.00 bits per heavy atom. The average Bonchev–Trinajstić information content (AvgIpc) is 2.86. The van der Waals surface area contributed by atoms with E-state index in [9.17, 15) is 13.2 Å². The molecule has 0 spiro atoms. The van der Waals surface area contributed by atoms with Crippen molar-refractivity contribution in [2.24, 2.45) is 0 Å². The highest BCUT2D eigenvalue weighted by atomic mass is 35.5. The molecule has 9 heteroatoms. The second-order valence-corrected chi connectivity index (χ2v) is 10.2. The SMILES string of the molecule is CCC(NC(=O)CN(c1ccc(Cl)cc1)S(=O)(=O)c1ccc(OC)cc1)c1ccc(OC)c(C)c1. The van der Waals surface area contributed by atoms with Crippen molar-refractivity contribution < 1.29 is 22.7 Å². The van der Waals surface area contributed by atoms with Gasteiger partial charge in [0.2, 0.25) is 5.91 Å². The molecule has 186 valence electrons. The number of carbonyl (C=O) groups is 1. The number of nitrogens with one attached hydrogen (secondary N) is 1. The van der Waals surface area contributed by atoms with Crippen molar-refractivity contribution in [3.63, 3.8) is 0 Å². The minimum atomic E-state index is -4.05. The van der Waals surface area contributed by atoms with Crippen molar-refractivity contribution in [3.8, 4) is 11.5 Å². The molecular weight excluding hydrogens is 488 g/mol. The van der Waals surface area contributed by atoms with E-state index in [-0.39, 0.29) is 10.9 Å². The highest BCUT2D eigenvalue weighted by Crippen LogP contribution is 2.27. The molecule has 1 atom stereocenters. The van der Waals surface area contributed by atoms with Crippen LogP contribution in [0.3, 0.4) is 0 Å². The van der Waals surface area contributed by atoms with Gasteiger partial charge < -0.3 is 14.8 Å². The number of aryl methyl sites for hydroxylation is 1. The molecule has 0 bridgehead atoms. The summed E-state index contributed by atoms with van der Waals surface area (Å²) in [7, 11) is -0.943. The Labute approximate surface area is 211 Å². The van der Waals surface area contributed by atoms with Gasteiger partial charge in [-0.1, -0.05) is 30.7 Å². The zero-order valence-corrected chi connectivity index (χ0v) is 21.7. The summed E-state index contributed by atoms with van der Waals surface area (Å²) < 4.78 is 38.6. The van der Waals surface area contributed by atoms with Gasteiger partial charge in [-0.05, 0) is 79.1 Å². The number of hydrogen-bond acceptors (Lipinski definition) is 5. The van der Waals surface area contributed by atoms with Crippen LogP contribution >= 0.6 is 11.6 Å². The second kappa shape index (κ2) is 11.5. The van der Waals surface area contributed by atoms with Crippen LogP contribution in [0.1, 0.15) is 30.5 Å². The third kappa shape index (κ3) is 6.26. The minimum absolute atomic E-state index is 0.0406. The number of ether oxygens (including phenoxy) is 2. The first-order valence-electron chi connectivity index (χ1n) is 11.1. The molecule has 0 aliphatic carbocycles. The van der Waals surface area contributed by atoms with Crippen molar-refractivity contribution in [3.05, 3.63) is 82.9 Å². The van der Waals surface area contributed by atoms with Gasteiger partial charge in [0, 0.05) is 5.02 Å². The summed E-state index contributed by atoms with van der Waals surface area (Å²) in [6.45, 7) is 3.48. The van der Waals surface area contributed by atoms with Gasteiger partial charge in [0.05, 0.1) is 30.8 Å². The Kier molecular flexibility index (Phi) is 8.64. The van der Waals surface area contributed by atoms with Crippen LogP contribution in [0.5, 0.6) is 11.5 Å². The Balaban J connectivity index is 1.90. The summed E-state index contributed by atoms with van der Waals surface area (Å²) in [5, 5.41) is 3.43. The zero-order chi connectivity index (χ0) is 25.6. The van der Waals surface area contributed by atoms with E-state index in [1.165, 1.54) is 19.2 Å². The lowest BCUT2D eigenvalue weighted by Crippen LogP contribution is -2.42. The lowest BCUT2D eigenvalue weighted by atomic mass is 10.0. The Morgan fingerprint density at radius 3 is 2.20 bits per heavy atom. The van der Waals surface area contributed by atoms with Crippen LogP contribution in [-0.4, -0.2) is 35.1 Å². The fourth-order valence-corrected chi connectivity index (χ4v) is 5.25. The normalized spacial score (nSPS) is 12.0. The Morgan fingerprint density at radius 2 is 1.66 bits per heavy atom. The molecule has 0 radical (unpaired) electrons. The first kappa shape index (κ1) is 26.4. The molecule has 0 aliphatic heterocycles. The highest BCUT2D eigenvalue weighted by Gasteiger charge is 2.28. The van der Waals surface area contributed by atoms with Gasteiger partial charge in [0.15, 0.2) is 0 Å². The number of anilines is 1. The fraction of sp³-hybridized carbons (Fsp3) is 0.269. The molecule has 3 aromatic carbocycles. The molecule has 0 aromatic heterocycles. The van der Waals surface area contributed by atoms with Gasteiger partial charge in [-0.3, -0.25) is 9.10 Å². The number of hydrogen-bond donors (Lipinski definition) is 1. The minimum Gasteiger partial charge on any atom is -0.497 e. The summed E-state index contributed by atoms with van der Waals surface area (Å²) in [5.74, 6) is 0.854. The van der Waals surface area contributed by atoms with Crippen LogP contribution in [0.4, 0.5) is 5.69 Å². The van der Waals surface area contributed by atoms with Gasteiger partial charge in [-0.15, -0.1) is 0 Å². The molecule has 0 heterocycles. The number of sulfonamides is 1. The van der Waals surface area contributed by atoms with E-state index in [2.05, 4.69) is 5.32 Å². The topological polar surface area (TPSA) is 84.9 Å². The van der Waals surface area contributed by atoms with Crippen molar-refractivity contribution in [1.29, 1.82) is 0 Å². The zero-order valence-electron chi connectivity index (χ0n) is 20.1. The molecule has 1 N–H and O–H groups in total. The van der Waals surface area contributed by atoms with Crippen LogP contribution in [-0.2, 0) is 14.8 Å². The van der Waals surface area contributed by atoms with E-state index in [0.29, 0.717) is 22.9 Å². The van der Waals surface area contributed by atoms with E-state index >= 15 is 0 Å². The summed E-state index contributed by atoms with van der Waals surface area (Å²) in [6.07, 6.45) is 0.629. The summed E-state index contributed by atoms with van der Waals surface area (Å²) in [5.41, 5.74) is 2.19. The van der Waals surface area contributed by atoms with Crippen LogP contribution in [0.15, 0.2) is 71.6 Å². The number of rotatable bonds is 10. The van der Waals surface area contributed by atoms with Gasteiger partial charge >= 0.3 is 0 Å². The number of methoxy groups -OCH3 is 2. The number of amides is 1. The van der Waals surface area contributed by atoms with Crippen molar-refractivity contribution in [2.45, 2.75) is 31.2 Å². The third-order valence-corrected chi connectivity index (χ3v) is 7.65. The Bertz CT molecular complexity index is 1260. The third-order valence-electron chi connectivity index (χ3n) is 5.61. The predicted molar refractivity (Wildman–Crippen MR) is 138 cm³/mol. The van der Waals surface area contributed by atoms with Crippen molar-refractivity contribution in [2.75, 3.05) is 25.1 Å². The monoisotopic (exact) mass is 516 g/mol. The van der Waals surface area contributed by atoms with E-state index in [4.69, 9.17) is 21.1 Å². The highest BCUT2D eigenvalue weighted by molar-refractivity contribution is 7.92. The molecule has 3 rings (SSSR count). The Hall–Kier alpha value is -3.23. The number of halogens is 1. The molecule has 1 unspecified atom stereocenters. The van der Waals surface area contributed by atoms with Gasteiger partial charge in [-0.25, -0.2) is 8.42 Å². The van der Waals surface area contributed by atoms with Crippen LogP contribution < -0.4 is 19.1 Å². The molecule has 0 saturated heterocycles. The first-order valence-corrected chi connectivity index (χ1v) is 12.9. The van der Waals surface area contributed by atoms with Gasteiger partial charge in [0.1, 0.15) is 18.0 Å². The molecule has 0 aliphatic rings. The molecule has 0 saturated carbocycles. The number of benzene rings is 3. The van der Waals surface area contributed by atoms with Crippen molar-refractivity contribution >= 4 is 33.2 Å². The summed E-state index contributed by atoms with van der Waals surface area (Å²) in [4.78, 5) is 13.2. The maximum atomic E-state index is 13.6. The first-order chi connectivity index (χ1) is 16.7. The second-order valence-electron chi connectivity index (χ2n) is 7.92. The average molecular weight is 517 g/mol. The van der Waals surface area contributed by atoms with Crippen LogP contribution in [0, 0.1) is 6.92 Å². The lowest BCUT2D eigenvalue weighted by molar-refractivity contribution is -0.120. The molecule has 7 nitrogen and oxygen atoms in total. The maximum Gasteiger partial charge on any atom is 0.264 e. The van der Waals surface area contributed by atoms with E-state index in [1.54, 1.807) is 43.5 Å². The quantitative estimate of drug-likeness (QED) is 0.404. The molecular formula is C26H29ClN2O5S. The molecule has 3 aromatic rings. The van der Waals surface area contributed by atoms with Gasteiger partial charge in [0.25, 0.3) is 10.0 Å². The summed E-state index contributed by atoms with van der Waals surface area (Å²) in [6, 6.07) is 17.7. The van der Waals surface area contributed by atoms with E-state index in [0.717, 1.165) is 21.2 Å². The molecule has 35 heavy (non-hydrogen) atoms. The standard InChI is InChI=1S/C26H29ClN2O5S/c1-5-24(19-6-15-25(34-4)18(2)16-19)28-26(30)17-29(21-9-7-20(27)8-10-21)35(31,32)23-13-11-22(33-3)12-14-23/h6-16,24H,5,17H2,1-4H3,(H,28,30). The number of nitrogens with zero attached hydrogens (tertiary/aromatic N) is 1. The fourth-order valence-electron chi connectivity index (χ4n) is 3.71. The summed E-state index contributed by atoms with van der Waals surface area (Å²) >= 11 is 6.01. The number of carbonyl (C=O) groups excluding carboxylic acids is 1. The molecule has 0 fully saturated rings. The van der Waals surface area contributed by atoms with E-state index in [1.807, 2.05) is 32.0 Å². The predicted octanol–water partition coefficient (Wildman–Crippen LogP) is 5.13. The van der Waals surface area contributed by atoms with Crippen LogP contribution in [0.2, 0.25) is 5.02 Å². The van der Waals surface area contributed by atoms with Crippen molar-refractivity contribution in [1.82, 2.24) is 5.32 Å². The van der Waals surface area contributed by atoms with Gasteiger partial charge in [-0.2, -0.15) is 0 Å². The lowest BCUT2D eigenvalue weighted by Gasteiger charge is -2.26.